The predicted octanol–water partition coefficient (Wildman–Crippen LogP) is 1.94. The zero-order valence-electron chi connectivity index (χ0n) is 14.1. The van der Waals surface area contributed by atoms with Crippen LogP contribution < -0.4 is 10.1 Å². The lowest BCUT2D eigenvalue weighted by Crippen LogP contribution is -2.45. The summed E-state index contributed by atoms with van der Waals surface area (Å²) < 4.78 is 10.4. The van der Waals surface area contributed by atoms with Crippen LogP contribution in [-0.2, 0) is 16.1 Å². The van der Waals surface area contributed by atoms with Crippen molar-refractivity contribution in [3.63, 3.8) is 0 Å². The lowest BCUT2D eigenvalue weighted by molar-refractivity contribution is -0.133. The molecule has 2 N–H and O–H groups in total. The minimum absolute atomic E-state index is 0.00185. The molecular weight excluding hydrogens is 374 g/mol. The van der Waals surface area contributed by atoms with Gasteiger partial charge in [0.2, 0.25) is 5.91 Å². The average molecular weight is 390 g/mol. The summed E-state index contributed by atoms with van der Waals surface area (Å²) in [5, 5.41) is 13.4. The number of phenols is 1. The molecule has 8 nitrogen and oxygen atoms in total. The van der Waals surface area contributed by atoms with Gasteiger partial charge in [-0.15, -0.1) is 0 Å². The Bertz CT molecular complexity index is 903. The molecule has 1 aromatic heterocycles. The molecule has 0 saturated carbocycles. The molecule has 0 bridgehead atoms. The van der Waals surface area contributed by atoms with Crippen molar-refractivity contribution in [3.05, 3.63) is 41.0 Å². The number of pyridine rings is 1. The molecule has 27 heavy (non-hydrogen) atoms. The minimum Gasteiger partial charge on any atom is -0.504 e. The molecule has 0 aliphatic carbocycles. The second-order valence-corrected chi connectivity index (χ2v) is 6.69. The molecule has 1 saturated heterocycles. The Balaban J connectivity index is 1.63. The third-order valence-electron chi connectivity index (χ3n) is 4.42. The topological polar surface area (TPSA) is 101 Å². The fourth-order valence-electron chi connectivity index (χ4n) is 3.12. The summed E-state index contributed by atoms with van der Waals surface area (Å²) in [6.45, 7) is 0.789. The number of amides is 2. The maximum absolute atomic E-state index is 12.7. The third kappa shape index (κ3) is 3.48. The number of rotatable bonds is 2. The summed E-state index contributed by atoms with van der Waals surface area (Å²) in [5.41, 5.74) is 1.97. The quantitative estimate of drug-likeness (QED) is 0.814. The van der Waals surface area contributed by atoms with Gasteiger partial charge in [-0.05, 0) is 24.3 Å². The van der Waals surface area contributed by atoms with Crippen molar-refractivity contribution in [2.24, 2.45) is 0 Å². The Labute approximate surface area is 159 Å². The molecule has 2 aromatic rings. The molecule has 9 heteroatoms. The molecule has 4 rings (SSSR count). The van der Waals surface area contributed by atoms with Crippen molar-refractivity contribution in [1.82, 2.24) is 15.2 Å². The van der Waals surface area contributed by atoms with E-state index in [1.807, 2.05) is 6.07 Å². The zero-order valence-corrected chi connectivity index (χ0v) is 14.9. The van der Waals surface area contributed by atoms with Gasteiger partial charge in [0.05, 0.1) is 17.3 Å². The fraction of sp³-hybridized carbons (Fsp3) is 0.278. The van der Waals surface area contributed by atoms with E-state index in [1.54, 1.807) is 23.1 Å². The van der Waals surface area contributed by atoms with Gasteiger partial charge in [0, 0.05) is 23.9 Å². The van der Waals surface area contributed by atoms with Gasteiger partial charge in [0.15, 0.2) is 11.5 Å². The first-order valence-electron chi connectivity index (χ1n) is 8.34. The normalized spacial score (nSPS) is 18.8. The molecule has 1 unspecified atom stereocenters. The smallest absolute Gasteiger partial charge is 0.407 e. The molecule has 1 fully saturated rings. The number of halogens is 1. The van der Waals surface area contributed by atoms with Crippen molar-refractivity contribution < 1.29 is 24.2 Å². The van der Waals surface area contributed by atoms with Gasteiger partial charge in [-0.3, -0.25) is 9.78 Å². The Morgan fingerprint density at radius 1 is 1.33 bits per heavy atom. The molecule has 2 aliphatic heterocycles. The number of phenolic OH excluding ortho intramolecular Hbond substituents is 1. The van der Waals surface area contributed by atoms with Crippen molar-refractivity contribution in [2.45, 2.75) is 12.6 Å². The van der Waals surface area contributed by atoms with E-state index in [0.717, 1.165) is 0 Å². The van der Waals surface area contributed by atoms with Gasteiger partial charge >= 0.3 is 6.09 Å². The summed E-state index contributed by atoms with van der Waals surface area (Å²) in [6, 6.07) is 6.13. The monoisotopic (exact) mass is 389 g/mol. The van der Waals surface area contributed by atoms with Crippen LogP contribution in [0.4, 0.5) is 4.79 Å². The number of aromatic hydroxyl groups is 1. The van der Waals surface area contributed by atoms with Crippen LogP contribution in [0.2, 0.25) is 5.02 Å². The number of cyclic esters (lactones) is 1. The van der Waals surface area contributed by atoms with Crippen LogP contribution in [0.3, 0.4) is 0 Å². The van der Waals surface area contributed by atoms with Gasteiger partial charge < -0.3 is 24.8 Å². The number of nitrogens with one attached hydrogen (secondary N) is 1. The van der Waals surface area contributed by atoms with E-state index in [0.29, 0.717) is 34.1 Å². The van der Waals surface area contributed by atoms with Crippen LogP contribution in [0.15, 0.2) is 30.5 Å². The minimum atomic E-state index is -0.714. The van der Waals surface area contributed by atoms with Crippen LogP contribution in [-0.4, -0.2) is 52.8 Å². The van der Waals surface area contributed by atoms with E-state index in [1.165, 1.54) is 6.20 Å². The van der Waals surface area contributed by atoms with E-state index in [-0.39, 0.29) is 31.4 Å². The van der Waals surface area contributed by atoms with Gasteiger partial charge in [-0.25, -0.2) is 4.79 Å². The van der Waals surface area contributed by atoms with Crippen LogP contribution in [0.1, 0.15) is 5.56 Å². The number of carbonyl (C=O) groups excluding carboxylic acids is 2. The first kappa shape index (κ1) is 17.4. The highest BCUT2D eigenvalue weighted by Gasteiger charge is 2.33. The summed E-state index contributed by atoms with van der Waals surface area (Å²) in [6.07, 6.45) is 0.919. The molecule has 2 amide bonds. The van der Waals surface area contributed by atoms with Crippen molar-refractivity contribution in [1.29, 1.82) is 0 Å². The number of hydrogen-bond donors (Lipinski definition) is 2. The van der Waals surface area contributed by atoms with Crippen LogP contribution in [0, 0.1) is 0 Å². The summed E-state index contributed by atoms with van der Waals surface area (Å²) >= 11 is 5.88. The third-order valence-corrected chi connectivity index (χ3v) is 4.64. The largest absolute Gasteiger partial charge is 0.504 e. The average Bonchev–Trinajstić information content (AvgIpc) is 2.96. The van der Waals surface area contributed by atoms with Crippen LogP contribution >= 0.6 is 11.6 Å². The number of alkyl carbamates (subject to hydrolysis) is 1. The molecule has 1 atom stereocenters. The maximum Gasteiger partial charge on any atom is 0.407 e. The van der Waals surface area contributed by atoms with Gasteiger partial charge in [-0.2, -0.15) is 0 Å². The first-order valence-corrected chi connectivity index (χ1v) is 8.72. The van der Waals surface area contributed by atoms with E-state index >= 15 is 0 Å². The summed E-state index contributed by atoms with van der Waals surface area (Å²) in [5.74, 6) is 0.0626. The summed E-state index contributed by atoms with van der Waals surface area (Å²) in [7, 11) is 0. The fourth-order valence-corrected chi connectivity index (χ4v) is 3.23. The lowest BCUT2D eigenvalue weighted by atomic mass is 10.0. The predicted molar refractivity (Wildman–Crippen MR) is 95.5 cm³/mol. The Morgan fingerprint density at radius 3 is 2.89 bits per heavy atom. The summed E-state index contributed by atoms with van der Waals surface area (Å²) in [4.78, 5) is 29.7. The molecule has 3 heterocycles. The number of fused-ring (bicyclic) bond motifs is 1. The van der Waals surface area contributed by atoms with E-state index < -0.39 is 12.1 Å². The second-order valence-electron chi connectivity index (χ2n) is 6.25. The number of hydrogen-bond acceptors (Lipinski definition) is 6. The van der Waals surface area contributed by atoms with Crippen LogP contribution in [0.5, 0.6) is 11.5 Å². The second kappa shape index (κ2) is 6.96. The van der Waals surface area contributed by atoms with E-state index in [4.69, 9.17) is 21.1 Å². The standard InChI is InChI=1S/C18H16ClN3O5/c19-12-1-2-13(20-7-12)10-5-11-8-22(3-4-26-16(11)15(23)6-10)17(24)14-9-27-18(25)21-14/h1-2,5-7,14,23H,3-4,8-9H2,(H,21,25). The van der Waals surface area contributed by atoms with E-state index in [2.05, 4.69) is 10.3 Å². The van der Waals surface area contributed by atoms with Gasteiger partial charge in [0.25, 0.3) is 0 Å². The van der Waals surface area contributed by atoms with E-state index in [9.17, 15) is 14.7 Å². The maximum atomic E-state index is 12.7. The Hall–Kier alpha value is -3.00. The number of carbonyl (C=O) groups is 2. The van der Waals surface area contributed by atoms with Crippen LogP contribution in [0.25, 0.3) is 11.3 Å². The van der Waals surface area contributed by atoms with Crippen molar-refractivity contribution in [3.8, 4) is 22.8 Å². The molecule has 0 spiro atoms. The Kier molecular flexibility index (Phi) is 4.49. The van der Waals surface area contributed by atoms with Gasteiger partial charge in [-0.1, -0.05) is 11.6 Å². The number of aromatic nitrogens is 1. The molecule has 2 aliphatic rings. The Morgan fingerprint density at radius 2 is 2.19 bits per heavy atom. The highest BCUT2D eigenvalue weighted by molar-refractivity contribution is 6.30. The molecule has 140 valence electrons. The number of nitrogens with zero attached hydrogens (tertiary/aromatic N) is 2. The first-order chi connectivity index (χ1) is 13.0. The van der Waals surface area contributed by atoms with Crippen molar-refractivity contribution in [2.75, 3.05) is 19.8 Å². The zero-order chi connectivity index (χ0) is 19.0. The van der Waals surface area contributed by atoms with Gasteiger partial charge in [0.1, 0.15) is 19.3 Å². The van der Waals surface area contributed by atoms with Crippen molar-refractivity contribution >= 4 is 23.6 Å². The number of benzene rings is 1. The molecular formula is C18H16ClN3O5. The SMILES string of the molecule is O=C1NC(C(=O)N2CCOc3c(O)cc(-c4ccc(Cl)cn4)cc3C2)CO1. The highest BCUT2D eigenvalue weighted by atomic mass is 35.5. The highest BCUT2D eigenvalue weighted by Crippen LogP contribution is 2.37. The lowest BCUT2D eigenvalue weighted by Gasteiger charge is -2.22. The molecule has 0 radical (unpaired) electrons. The molecule has 1 aromatic carbocycles. The number of ether oxygens (including phenoxy) is 2.